The molecule has 0 fully saturated rings. The minimum atomic E-state index is -3.61. The van der Waals surface area contributed by atoms with Gasteiger partial charge in [-0.2, -0.15) is 5.10 Å². The van der Waals surface area contributed by atoms with E-state index in [1.807, 2.05) is 32.0 Å². The Morgan fingerprint density at radius 1 is 1.30 bits per heavy atom. The van der Waals surface area contributed by atoms with E-state index in [1.165, 1.54) is 10.9 Å². The summed E-state index contributed by atoms with van der Waals surface area (Å²) in [5.41, 5.74) is 3.05. The second-order valence-electron chi connectivity index (χ2n) is 4.82. The third-order valence-electron chi connectivity index (χ3n) is 3.23. The van der Waals surface area contributed by atoms with Crippen LogP contribution in [0.15, 0.2) is 29.3 Å². The zero-order valence-electron chi connectivity index (χ0n) is 12.1. The van der Waals surface area contributed by atoms with Gasteiger partial charge in [-0.1, -0.05) is 25.1 Å². The minimum Gasteiger partial charge on any atom is -0.279 e. The summed E-state index contributed by atoms with van der Waals surface area (Å²) < 4.78 is 29.2. The van der Waals surface area contributed by atoms with E-state index in [1.54, 1.807) is 14.0 Å². The first kappa shape index (κ1) is 14.6. The molecule has 1 aromatic carbocycles. The van der Waals surface area contributed by atoms with E-state index in [2.05, 4.69) is 9.82 Å². The Balaban J connectivity index is 2.46. The van der Waals surface area contributed by atoms with Gasteiger partial charge in [0.2, 0.25) is 0 Å². The molecule has 0 aliphatic rings. The summed E-state index contributed by atoms with van der Waals surface area (Å²) in [5.74, 6) is 0. The average molecular weight is 293 g/mol. The third-order valence-corrected chi connectivity index (χ3v) is 4.69. The molecular formula is C14H19N3O2S. The lowest BCUT2D eigenvalue weighted by Gasteiger charge is -2.13. The summed E-state index contributed by atoms with van der Waals surface area (Å²) in [4.78, 5) is 0.213. The first-order valence-corrected chi connectivity index (χ1v) is 7.95. The van der Waals surface area contributed by atoms with E-state index >= 15 is 0 Å². The SMILES string of the molecule is CCc1cccc(C)c1NS(=O)(=O)c1cn(C)nc1C. The summed E-state index contributed by atoms with van der Waals surface area (Å²) in [5, 5.41) is 4.08. The molecule has 0 aliphatic heterocycles. The van der Waals surface area contributed by atoms with Gasteiger partial charge in [-0.15, -0.1) is 0 Å². The number of anilines is 1. The fourth-order valence-electron chi connectivity index (χ4n) is 2.20. The molecule has 0 unspecified atom stereocenters. The standard InChI is InChI=1S/C14H19N3O2S/c1-5-12-8-6-7-10(2)14(12)16-20(18,19)13-9-17(4)15-11(13)3/h6-9,16H,5H2,1-4H3. The van der Waals surface area contributed by atoms with E-state index in [4.69, 9.17) is 0 Å². The van der Waals surface area contributed by atoms with Gasteiger partial charge < -0.3 is 0 Å². The molecule has 1 aromatic heterocycles. The highest BCUT2D eigenvalue weighted by atomic mass is 32.2. The highest BCUT2D eigenvalue weighted by Crippen LogP contribution is 2.25. The second-order valence-corrected chi connectivity index (χ2v) is 6.47. The zero-order valence-corrected chi connectivity index (χ0v) is 13.0. The van der Waals surface area contributed by atoms with E-state index in [0.29, 0.717) is 11.4 Å². The molecule has 2 aromatic rings. The Hall–Kier alpha value is -1.82. The van der Waals surface area contributed by atoms with Crippen LogP contribution in [0.2, 0.25) is 0 Å². The lowest BCUT2D eigenvalue weighted by molar-refractivity contribution is 0.600. The second kappa shape index (κ2) is 5.28. The molecule has 0 saturated carbocycles. The summed E-state index contributed by atoms with van der Waals surface area (Å²) in [6.45, 7) is 5.59. The number of hydrogen-bond acceptors (Lipinski definition) is 3. The van der Waals surface area contributed by atoms with Gasteiger partial charge in [0.25, 0.3) is 10.0 Å². The molecular weight excluding hydrogens is 274 g/mol. The quantitative estimate of drug-likeness (QED) is 0.941. The average Bonchev–Trinajstić information content (AvgIpc) is 2.72. The van der Waals surface area contributed by atoms with Gasteiger partial charge in [0.1, 0.15) is 4.90 Å². The smallest absolute Gasteiger partial charge is 0.265 e. The zero-order chi connectivity index (χ0) is 14.9. The van der Waals surface area contributed by atoms with Crippen LogP contribution in [0, 0.1) is 13.8 Å². The Labute approximate surface area is 119 Å². The summed E-state index contributed by atoms with van der Waals surface area (Å²) in [7, 11) is -1.91. The van der Waals surface area contributed by atoms with E-state index in [0.717, 1.165) is 17.5 Å². The molecule has 0 bridgehead atoms. The van der Waals surface area contributed by atoms with Crippen molar-refractivity contribution in [2.45, 2.75) is 32.1 Å². The number of sulfonamides is 1. The maximum Gasteiger partial charge on any atom is 0.265 e. The maximum atomic E-state index is 12.5. The van der Waals surface area contributed by atoms with Gasteiger partial charge in [0.05, 0.1) is 11.4 Å². The number of aryl methyl sites for hydroxylation is 4. The summed E-state index contributed by atoms with van der Waals surface area (Å²) >= 11 is 0. The maximum absolute atomic E-state index is 12.5. The lowest BCUT2D eigenvalue weighted by atomic mass is 10.1. The number of nitrogens with one attached hydrogen (secondary N) is 1. The number of nitrogens with zero attached hydrogens (tertiary/aromatic N) is 2. The van der Waals surface area contributed by atoms with Crippen LogP contribution in [0.25, 0.3) is 0 Å². The topological polar surface area (TPSA) is 64.0 Å². The highest BCUT2D eigenvalue weighted by Gasteiger charge is 2.21. The number of benzene rings is 1. The van der Waals surface area contributed by atoms with Crippen LogP contribution >= 0.6 is 0 Å². The Morgan fingerprint density at radius 3 is 2.55 bits per heavy atom. The van der Waals surface area contributed by atoms with Crippen molar-refractivity contribution in [2.75, 3.05) is 4.72 Å². The largest absolute Gasteiger partial charge is 0.279 e. The van der Waals surface area contributed by atoms with Crippen LogP contribution in [0.1, 0.15) is 23.7 Å². The number of hydrogen-bond donors (Lipinski definition) is 1. The lowest BCUT2D eigenvalue weighted by Crippen LogP contribution is -2.15. The summed E-state index contributed by atoms with van der Waals surface area (Å²) in [6, 6.07) is 5.76. The molecule has 20 heavy (non-hydrogen) atoms. The van der Waals surface area contributed by atoms with Gasteiger partial charge in [-0.25, -0.2) is 8.42 Å². The van der Waals surface area contributed by atoms with Crippen LogP contribution < -0.4 is 4.72 Å². The predicted octanol–water partition coefficient (Wildman–Crippen LogP) is 2.40. The Morgan fingerprint density at radius 2 is 2.00 bits per heavy atom. The van der Waals surface area contributed by atoms with Crippen molar-refractivity contribution in [1.82, 2.24) is 9.78 Å². The molecule has 2 rings (SSSR count). The predicted molar refractivity (Wildman–Crippen MR) is 79.3 cm³/mol. The van der Waals surface area contributed by atoms with Crippen molar-refractivity contribution >= 4 is 15.7 Å². The fraction of sp³-hybridized carbons (Fsp3) is 0.357. The molecule has 6 heteroatoms. The van der Waals surface area contributed by atoms with Crippen molar-refractivity contribution in [2.24, 2.45) is 7.05 Å². The molecule has 0 spiro atoms. The summed E-state index contributed by atoms with van der Waals surface area (Å²) in [6.07, 6.45) is 2.28. The molecule has 5 nitrogen and oxygen atoms in total. The van der Waals surface area contributed by atoms with Crippen molar-refractivity contribution in [1.29, 1.82) is 0 Å². The van der Waals surface area contributed by atoms with Crippen molar-refractivity contribution in [3.05, 3.63) is 41.2 Å². The molecule has 0 radical (unpaired) electrons. The van der Waals surface area contributed by atoms with Gasteiger partial charge in [0.15, 0.2) is 0 Å². The van der Waals surface area contributed by atoms with E-state index in [-0.39, 0.29) is 4.90 Å². The number of para-hydroxylation sites is 1. The first-order chi connectivity index (χ1) is 9.35. The van der Waals surface area contributed by atoms with E-state index < -0.39 is 10.0 Å². The molecule has 0 saturated heterocycles. The molecule has 0 atom stereocenters. The Bertz CT molecular complexity index is 733. The van der Waals surface area contributed by atoms with Gasteiger partial charge in [0, 0.05) is 13.2 Å². The molecule has 0 amide bonds. The fourth-order valence-corrected chi connectivity index (χ4v) is 3.59. The number of aromatic nitrogens is 2. The molecule has 0 aliphatic carbocycles. The van der Waals surface area contributed by atoms with Crippen LogP contribution in [0.5, 0.6) is 0 Å². The third kappa shape index (κ3) is 2.70. The van der Waals surface area contributed by atoms with Crippen LogP contribution in [-0.4, -0.2) is 18.2 Å². The number of rotatable bonds is 4. The van der Waals surface area contributed by atoms with Gasteiger partial charge >= 0.3 is 0 Å². The molecule has 108 valence electrons. The van der Waals surface area contributed by atoms with Gasteiger partial charge in [-0.05, 0) is 31.4 Å². The Kier molecular flexibility index (Phi) is 3.85. The van der Waals surface area contributed by atoms with Crippen LogP contribution in [-0.2, 0) is 23.5 Å². The van der Waals surface area contributed by atoms with Crippen molar-refractivity contribution in [3.63, 3.8) is 0 Å². The normalized spacial score (nSPS) is 11.6. The molecule has 1 heterocycles. The van der Waals surface area contributed by atoms with Crippen LogP contribution in [0.3, 0.4) is 0 Å². The van der Waals surface area contributed by atoms with E-state index in [9.17, 15) is 8.42 Å². The van der Waals surface area contributed by atoms with Crippen molar-refractivity contribution in [3.8, 4) is 0 Å². The monoisotopic (exact) mass is 293 g/mol. The van der Waals surface area contributed by atoms with Crippen LogP contribution in [0.4, 0.5) is 5.69 Å². The first-order valence-electron chi connectivity index (χ1n) is 6.46. The van der Waals surface area contributed by atoms with Gasteiger partial charge in [-0.3, -0.25) is 9.40 Å². The minimum absolute atomic E-state index is 0.213. The highest BCUT2D eigenvalue weighted by molar-refractivity contribution is 7.92. The van der Waals surface area contributed by atoms with Crippen molar-refractivity contribution < 1.29 is 8.42 Å². The molecule has 1 N–H and O–H groups in total.